The van der Waals surface area contributed by atoms with Crippen LogP contribution in [0.4, 0.5) is 0 Å². The van der Waals surface area contributed by atoms with Crippen LogP contribution < -0.4 is 16.6 Å². The smallest absolute Gasteiger partial charge is 0.302 e. The van der Waals surface area contributed by atoms with E-state index in [1.54, 1.807) is 27.7 Å². The number of nitrogens with one attached hydrogen (secondary N) is 1. The van der Waals surface area contributed by atoms with E-state index < -0.39 is 31.1 Å². The van der Waals surface area contributed by atoms with Crippen LogP contribution in [0.5, 0.6) is 0 Å². The lowest BCUT2D eigenvalue weighted by atomic mass is 10.4. The highest BCUT2D eigenvalue weighted by molar-refractivity contribution is 7.62. The second-order valence-corrected chi connectivity index (χ2v) is 6.92. The first-order valence-electron chi connectivity index (χ1n) is 6.35. The third kappa shape index (κ3) is 3.48. The van der Waals surface area contributed by atoms with Crippen LogP contribution in [0.15, 0.2) is 9.59 Å². The fraction of sp³-hybridized carbons (Fsp3) is 0.667. The fourth-order valence-corrected chi connectivity index (χ4v) is 3.95. The predicted octanol–water partition coefficient (Wildman–Crippen LogP) is 1.05. The SMILES string of the molecule is Cc1c(P(=O)(OC(C)C)OC(C)C)c(=O)[nH]c(=O)n1C. The topological polar surface area (TPSA) is 90.4 Å². The van der Waals surface area contributed by atoms with Crippen LogP contribution in [0, 0.1) is 6.92 Å². The monoisotopic (exact) mass is 304 g/mol. The molecule has 0 bridgehead atoms. The lowest BCUT2D eigenvalue weighted by Gasteiger charge is -2.23. The van der Waals surface area contributed by atoms with E-state index >= 15 is 0 Å². The van der Waals surface area contributed by atoms with Crippen LogP contribution >= 0.6 is 7.60 Å². The number of H-pyrrole nitrogens is 1. The van der Waals surface area contributed by atoms with Crippen molar-refractivity contribution in [3.05, 3.63) is 26.5 Å². The van der Waals surface area contributed by atoms with Crippen molar-refractivity contribution >= 4 is 12.9 Å². The molecule has 1 aromatic rings. The van der Waals surface area contributed by atoms with E-state index in [0.717, 1.165) is 0 Å². The summed E-state index contributed by atoms with van der Waals surface area (Å²) in [6.45, 7) is 8.32. The summed E-state index contributed by atoms with van der Waals surface area (Å²) >= 11 is 0. The number of nitrogens with zero attached hydrogens (tertiary/aromatic N) is 1. The maximum absolute atomic E-state index is 13.0. The minimum absolute atomic E-state index is 0.123. The molecule has 7 nitrogen and oxygen atoms in total. The van der Waals surface area contributed by atoms with Gasteiger partial charge in [-0.1, -0.05) is 0 Å². The van der Waals surface area contributed by atoms with E-state index in [1.807, 2.05) is 0 Å². The quantitative estimate of drug-likeness (QED) is 0.821. The van der Waals surface area contributed by atoms with Gasteiger partial charge in [-0.3, -0.25) is 14.3 Å². The Labute approximate surface area is 117 Å². The largest absolute Gasteiger partial charge is 0.369 e. The molecule has 1 aromatic heterocycles. The first-order chi connectivity index (χ1) is 9.08. The van der Waals surface area contributed by atoms with E-state index in [0.29, 0.717) is 0 Å². The Morgan fingerprint density at radius 3 is 1.95 bits per heavy atom. The molecule has 1 rings (SSSR count). The van der Waals surface area contributed by atoms with Gasteiger partial charge in [-0.25, -0.2) is 4.79 Å². The van der Waals surface area contributed by atoms with Crippen LogP contribution in [0.2, 0.25) is 0 Å². The number of hydrogen-bond donors (Lipinski definition) is 1. The van der Waals surface area contributed by atoms with Gasteiger partial charge in [-0.15, -0.1) is 0 Å². The molecule has 0 aliphatic carbocycles. The van der Waals surface area contributed by atoms with Crippen LogP contribution in [0.25, 0.3) is 0 Å². The molecule has 0 saturated carbocycles. The predicted molar refractivity (Wildman–Crippen MR) is 76.7 cm³/mol. The normalized spacial score (nSPS) is 12.4. The molecule has 1 N–H and O–H groups in total. The maximum Gasteiger partial charge on any atom is 0.369 e. The van der Waals surface area contributed by atoms with E-state index in [1.165, 1.54) is 18.5 Å². The highest BCUT2D eigenvalue weighted by atomic mass is 31.2. The van der Waals surface area contributed by atoms with Crippen molar-refractivity contribution in [1.29, 1.82) is 0 Å². The molecule has 20 heavy (non-hydrogen) atoms. The molecular weight excluding hydrogens is 283 g/mol. The summed E-state index contributed by atoms with van der Waals surface area (Å²) in [5.41, 5.74) is -1.05. The highest BCUT2D eigenvalue weighted by Gasteiger charge is 2.36. The molecule has 0 atom stereocenters. The van der Waals surface area contributed by atoms with Gasteiger partial charge in [0.2, 0.25) is 0 Å². The van der Waals surface area contributed by atoms with Gasteiger partial charge in [0.15, 0.2) is 0 Å². The van der Waals surface area contributed by atoms with Gasteiger partial charge < -0.3 is 13.6 Å². The van der Waals surface area contributed by atoms with Gasteiger partial charge in [0.1, 0.15) is 5.30 Å². The minimum Gasteiger partial charge on any atom is -0.302 e. The number of aromatic amines is 1. The molecule has 0 saturated heterocycles. The first-order valence-corrected chi connectivity index (χ1v) is 7.90. The molecule has 0 aromatic carbocycles. The molecule has 0 fully saturated rings. The summed E-state index contributed by atoms with van der Waals surface area (Å²) in [4.78, 5) is 25.7. The van der Waals surface area contributed by atoms with Crippen molar-refractivity contribution in [2.45, 2.75) is 46.8 Å². The van der Waals surface area contributed by atoms with E-state index in [-0.39, 0.29) is 11.0 Å². The summed E-state index contributed by atoms with van der Waals surface area (Å²) in [5.74, 6) is 0. The zero-order valence-electron chi connectivity index (χ0n) is 12.6. The van der Waals surface area contributed by atoms with Crippen molar-refractivity contribution in [2.24, 2.45) is 7.05 Å². The Bertz CT molecular complexity index is 630. The van der Waals surface area contributed by atoms with E-state index in [4.69, 9.17) is 9.05 Å². The lowest BCUT2D eigenvalue weighted by molar-refractivity contribution is 0.150. The van der Waals surface area contributed by atoms with Crippen LogP contribution in [0.3, 0.4) is 0 Å². The second-order valence-electron chi connectivity index (χ2n) is 5.06. The fourth-order valence-electron chi connectivity index (χ4n) is 1.72. The maximum atomic E-state index is 13.0. The van der Waals surface area contributed by atoms with Crippen molar-refractivity contribution < 1.29 is 13.6 Å². The lowest BCUT2D eigenvalue weighted by Crippen LogP contribution is -2.42. The summed E-state index contributed by atoms with van der Waals surface area (Å²) in [5, 5.41) is -0.123. The van der Waals surface area contributed by atoms with Crippen molar-refractivity contribution in [3.63, 3.8) is 0 Å². The van der Waals surface area contributed by atoms with Gasteiger partial charge in [-0.2, -0.15) is 0 Å². The van der Waals surface area contributed by atoms with Gasteiger partial charge in [-0.05, 0) is 34.6 Å². The molecule has 114 valence electrons. The Hall–Kier alpha value is -1.17. The zero-order valence-corrected chi connectivity index (χ0v) is 13.5. The van der Waals surface area contributed by atoms with Crippen LogP contribution in [-0.4, -0.2) is 21.8 Å². The van der Waals surface area contributed by atoms with Crippen LogP contribution in [0.1, 0.15) is 33.4 Å². The summed E-state index contributed by atoms with van der Waals surface area (Å²) in [6.07, 6.45) is -0.786. The molecule has 8 heteroatoms. The number of aromatic nitrogens is 2. The third-order valence-electron chi connectivity index (χ3n) is 2.56. The van der Waals surface area contributed by atoms with Gasteiger partial charge in [0, 0.05) is 12.7 Å². The Kier molecular flexibility index (Phi) is 5.13. The van der Waals surface area contributed by atoms with Crippen molar-refractivity contribution in [2.75, 3.05) is 0 Å². The van der Waals surface area contributed by atoms with Crippen LogP contribution in [-0.2, 0) is 20.7 Å². The molecule has 0 radical (unpaired) electrons. The second kappa shape index (κ2) is 6.08. The number of hydrogen-bond acceptors (Lipinski definition) is 5. The molecular formula is C12H21N2O5P. The first kappa shape index (κ1) is 16.9. The van der Waals surface area contributed by atoms with Crippen molar-refractivity contribution in [3.8, 4) is 0 Å². The molecule has 0 amide bonds. The summed E-state index contributed by atoms with van der Waals surface area (Å²) < 4.78 is 24.9. The molecule has 0 aliphatic rings. The zero-order chi connectivity index (χ0) is 15.7. The van der Waals surface area contributed by atoms with Gasteiger partial charge in [0.05, 0.1) is 12.2 Å². The highest BCUT2D eigenvalue weighted by Crippen LogP contribution is 2.48. The van der Waals surface area contributed by atoms with E-state index in [9.17, 15) is 14.2 Å². The Balaban J connectivity index is 3.58. The Morgan fingerprint density at radius 1 is 1.10 bits per heavy atom. The minimum atomic E-state index is -3.81. The molecule has 1 heterocycles. The summed E-state index contributed by atoms with van der Waals surface area (Å²) in [7, 11) is -2.33. The summed E-state index contributed by atoms with van der Waals surface area (Å²) in [6, 6.07) is 0. The van der Waals surface area contributed by atoms with Crippen molar-refractivity contribution in [1.82, 2.24) is 9.55 Å². The molecule has 0 spiro atoms. The standard InChI is InChI=1S/C12H21N2O5P/c1-7(2)18-20(17,19-8(3)4)10-9(5)14(6)12(16)13-11(10)15/h7-8H,1-6H3,(H,13,15,16). The average molecular weight is 304 g/mol. The third-order valence-corrected chi connectivity index (χ3v) is 5.03. The van der Waals surface area contributed by atoms with E-state index in [2.05, 4.69) is 4.98 Å². The van der Waals surface area contributed by atoms with Gasteiger partial charge in [0.25, 0.3) is 5.56 Å². The number of rotatable bonds is 5. The molecule has 0 aliphatic heterocycles. The van der Waals surface area contributed by atoms with Gasteiger partial charge >= 0.3 is 13.3 Å². The molecule has 0 unspecified atom stereocenters. The Morgan fingerprint density at radius 2 is 1.55 bits per heavy atom. The average Bonchev–Trinajstić information content (AvgIpc) is 2.23.